The molecule has 0 aliphatic heterocycles. The van der Waals surface area contributed by atoms with Crippen LogP contribution in [0.15, 0.2) is 47.5 Å². The van der Waals surface area contributed by atoms with Crippen LogP contribution in [0.3, 0.4) is 0 Å². The number of ether oxygens (including phenoxy) is 1. The summed E-state index contributed by atoms with van der Waals surface area (Å²) in [5.41, 5.74) is 2.09. The predicted molar refractivity (Wildman–Crippen MR) is 132 cm³/mol. The van der Waals surface area contributed by atoms with Crippen LogP contribution in [0.25, 0.3) is 0 Å². The van der Waals surface area contributed by atoms with Gasteiger partial charge in [0.2, 0.25) is 0 Å². The molecule has 0 amide bonds. The summed E-state index contributed by atoms with van der Waals surface area (Å²) in [7, 11) is 0. The van der Waals surface area contributed by atoms with Gasteiger partial charge in [0.05, 0.1) is 10.0 Å². The highest BCUT2D eigenvalue weighted by atomic mass is 35.5. The Kier molecular flexibility index (Phi) is 12.6. The highest BCUT2D eigenvalue weighted by Gasteiger charge is 2.01. The zero-order valence-corrected chi connectivity index (χ0v) is 19.7. The second-order valence-electron chi connectivity index (χ2n) is 7.82. The molecule has 2 aromatic carbocycles. The first-order valence-corrected chi connectivity index (χ1v) is 12.1. The van der Waals surface area contributed by atoms with Crippen LogP contribution in [-0.4, -0.2) is 12.8 Å². The van der Waals surface area contributed by atoms with E-state index in [9.17, 15) is 0 Å². The Balaban J connectivity index is 1.55. The van der Waals surface area contributed by atoms with Crippen LogP contribution < -0.4 is 4.74 Å². The first kappa shape index (κ1) is 24.8. The molecule has 164 valence electrons. The van der Waals surface area contributed by atoms with Gasteiger partial charge in [-0.15, -0.1) is 0 Å². The second-order valence-corrected chi connectivity index (χ2v) is 8.64. The fourth-order valence-electron chi connectivity index (χ4n) is 3.31. The molecule has 0 unspecified atom stereocenters. The molecule has 0 N–H and O–H groups in total. The Morgan fingerprint density at radius 2 is 1.40 bits per heavy atom. The summed E-state index contributed by atoms with van der Waals surface area (Å²) in [4.78, 5) is 4.56. The number of unbranched alkanes of at least 4 members (excludes halogenated alkanes) is 9. The molecule has 0 fully saturated rings. The zero-order chi connectivity index (χ0) is 21.4. The van der Waals surface area contributed by atoms with Gasteiger partial charge in [0.15, 0.2) is 0 Å². The predicted octanol–water partition coefficient (Wildman–Crippen LogP) is 8.91. The van der Waals surface area contributed by atoms with E-state index in [2.05, 4.69) is 11.9 Å². The van der Waals surface area contributed by atoms with Crippen LogP contribution in [0, 0.1) is 0 Å². The van der Waals surface area contributed by atoms with E-state index in [-0.39, 0.29) is 0 Å². The van der Waals surface area contributed by atoms with E-state index in [0.717, 1.165) is 23.4 Å². The summed E-state index contributed by atoms with van der Waals surface area (Å²) in [6.45, 7) is 3.64. The highest BCUT2D eigenvalue weighted by Crippen LogP contribution is 2.23. The molecule has 0 saturated carbocycles. The molecule has 0 heterocycles. The van der Waals surface area contributed by atoms with E-state index < -0.39 is 0 Å². The van der Waals surface area contributed by atoms with Crippen LogP contribution in [-0.2, 0) is 6.61 Å². The van der Waals surface area contributed by atoms with E-state index in [1.807, 2.05) is 42.6 Å². The summed E-state index contributed by atoms with van der Waals surface area (Å²) in [5, 5.41) is 1.11. The fraction of sp³-hybridized carbons (Fsp3) is 0.500. The summed E-state index contributed by atoms with van der Waals surface area (Å²) in [6.07, 6.45) is 15.5. The first-order valence-electron chi connectivity index (χ1n) is 11.4. The number of rotatable bonds is 15. The molecule has 2 aromatic rings. The Hall–Kier alpha value is -1.51. The third-order valence-electron chi connectivity index (χ3n) is 5.15. The average Bonchev–Trinajstić information content (AvgIpc) is 2.76. The molecule has 0 atom stereocenters. The molecular formula is C26H35Cl2NO. The topological polar surface area (TPSA) is 21.6 Å². The molecular weight excluding hydrogens is 413 g/mol. The minimum atomic E-state index is 0.461. The average molecular weight is 448 g/mol. The zero-order valence-electron chi connectivity index (χ0n) is 18.2. The van der Waals surface area contributed by atoms with Crippen molar-refractivity contribution in [2.75, 3.05) is 6.54 Å². The van der Waals surface area contributed by atoms with Crippen molar-refractivity contribution in [2.24, 2.45) is 4.99 Å². The minimum Gasteiger partial charge on any atom is -0.489 e. The lowest BCUT2D eigenvalue weighted by Gasteiger charge is -2.07. The largest absolute Gasteiger partial charge is 0.489 e. The van der Waals surface area contributed by atoms with Crippen LogP contribution in [0.1, 0.15) is 82.3 Å². The summed E-state index contributed by atoms with van der Waals surface area (Å²) >= 11 is 12.0. The van der Waals surface area contributed by atoms with Crippen LogP contribution in [0.4, 0.5) is 0 Å². The molecule has 2 nitrogen and oxygen atoms in total. The van der Waals surface area contributed by atoms with Gasteiger partial charge in [-0.05, 0) is 53.9 Å². The maximum Gasteiger partial charge on any atom is 0.119 e. The van der Waals surface area contributed by atoms with Gasteiger partial charge in [-0.25, -0.2) is 0 Å². The third-order valence-corrected chi connectivity index (χ3v) is 5.89. The van der Waals surface area contributed by atoms with Gasteiger partial charge in [0, 0.05) is 12.8 Å². The lowest BCUT2D eigenvalue weighted by atomic mass is 10.1. The third kappa shape index (κ3) is 10.5. The molecule has 0 saturated heterocycles. The molecule has 0 aliphatic rings. The van der Waals surface area contributed by atoms with E-state index in [1.54, 1.807) is 6.07 Å². The Bertz CT molecular complexity index is 743. The summed E-state index contributed by atoms with van der Waals surface area (Å²) < 4.78 is 5.81. The summed E-state index contributed by atoms with van der Waals surface area (Å²) in [5.74, 6) is 0.827. The van der Waals surface area contributed by atoms with Gasteiger partial charge in [-0.2, -0.15) is 0 Å². The lowest BCUT2D eigenvalue weighted by Crippen LogP contribution is -1.95. The van der Waals surface area contributed by atoms with Crippen molar-refractivity contribution < 1.29 is 4.74 Å². The molecule has 0 aromatic heterocycles. The van der Waals surface area contributed by atoms with Gasteiger partial charge >= 0.3 is 0 Å². The molecule has 0 aliphatic carbocycles. The van der Waals surface area contributed by atoms with Crippen molar-refractivity contribution >= 4 is 29.4 Å². The fourth-order valence-corrected chi connectivity index (χ4v) is 3.63. The van der Waals surface area contributed by atoms with E-state index >= 15 is 0 Å². The van der Waals surface area contributed by atoms with Crippen LogP contribution in [0.5, 0.6) is 5.75 Å². The standard InChI is InChI=1S/C26H35Cl2NO/c1-2-3-4-5-6-7-8-9-10-11-18-29-20-22-12-15-24(16-13-22)30-21-23-14-17-25(27)26(28)19-23/h12-17,19-20H,2-11,18,21H2,1H3. The minimum absolute atomic E-state index is 0.461. The molecule has 30 heavy (non-hydrogen) atoms. The Morgan fingerprint density at radius 3 is 2.03 bits per heavy atom. The Labute approximate surface area is 192 Å². The normalized spacial score (nSPS) is 11.3. The van der Waals surface area contributed by atoms with Crippen molar-refractivity contribution in [3.05, 3.63) is 63.6 Å². The maximum absolute atomic E-state index is 6.04. The SMILES string of the molecule is CCCCCCCCCCCCN=Cc1ccc(OCc2ccc(Cl)c(Cl)c2)cc1. The van der Waals surface area contributed by atoms with Gasteiger partial charge in [-0.3, -0.25) is 4.99 Å². The quantitative estimate of drug-likeness (QED) is 0.197. The van der Waals surface area contributed by atoms with E-state index in [4.69, 9.17) is 27.9 Å². The smallest absolute Gasteiger partial charge is 0.119 e. The number of halogens is 2. The number of hydrogen-bond acceptors (Lipinski definition) is 2. The molecule has 0 radical (unpaired) electrons. The number of nitrogens with zero attached hydrogens (tertiary/aromatic N) is 1. The van der Waals surface area contributed by atoms with Crippen molar-refractivity contribution in [3.63, 3.8) is 0 Å². The molecule has 4 heteroatoms. The van der Waals surface area contributed by atoms with Crippen LogP contribution in [0.2, 0.25) is 10.0 Å². The summed E-state index contributed by atoms with van der Waals surface area (Å²) in [6, 6.07) is 13.6. The lowest BCUT2D eigenvalue weighted by molar-refractivity contribution is 0.306. The highest BCUT2D eigenvalue weighted by molar-refractivity contribution is 6.42. The van der Waals surface area contributed by atoms with Gasteiger partial charge in [-0.1, -0.05) is 94.0 Å². The maximum atomic E-state index is 6.04. The monoisotopic (exact) mass is 447 g/mol. The first-order chi connectivity index (χ1) is 14.7. The van der Waals surface area contributed by atoms with E-state index in [0.29, 0.717) is 16.7 Å². The molecule has 2 rings (SSSR count). The Morgan fingerprint density at radius 1 is 0.767 bits per heavy atom. The second kappa shape index (κ2) is 15.3. The van der Waals surface area contributed by atoms with Crippen LogP contribution >= 0.6 is 23.2 Å². The van der Waals surface area contributed by atoms with E-state index in [1.165, 1.54) is 64.2 Å². The van der Waals surface area contributed by atoms with Gasteiger partial charge in [0.1, 0.15) is 12.4 Å². The number of hydrogen-bond donors (Lipinski definition) is 0. The van der Waals surface area contributed by atoms with Crippen molar-refractivity contribution in [1.82, 2.24) is 0 Å². The molecule has 0 spiro atoms. The van der Waals surface area contributed by atoms with Crippen molar-refractivity contribution in [2.45, 2.75) is 77.7 Å². The number of benzene rings is 2. The van der Waals surface area contributed by atoms with Crippen molar-refractivity contribution in [1.29, 1.82) is 0 Å². The molecule has 0 bridgehead atoms. The van der Waals surface area contributed by atoms with Gasteiger partial charge in [0.25, 0.3) is 0 Å². The van der Waals surface area contributed by atoms with Crippen molar-refractivity contribution in [3.8, 4) is 5.75 Å². The number of aliphatic imine (C=N–C) groups is 1. The van der Waals surface area contributed by atoms with Gasteiger partial charge < -0.3 is 4.74 Å².